The summed E-state index contributed by atoms with van der Waals surface area (Å²) in [6, 6.07) is 10.7. The van der Waals surface area contributed by atoms with E-state index in [9.17, 15) is 0 Å². The van der Waals surface area contributed by atoms with Gasteiger partial charge in [-0.2, -0.15) is 0 Å². The molecule has 0 bridgehead atoms. The molecule has 1 fully saturated rings. The maximum Gasteiger partial charge on any atom is 0.224 e. The first-order valence-corrected chi connectivity index (χ1v) is 7.91. The van der Waals surface area contributed by atoms with E-state index in [0.29, 0.717) is 17.7 Å². The van der Waals surface area contributed by atoms with Gasteiger partial charge in [0.2, 0.25) is 5.95 Å². The Morgan fingerprint density at radius 1 is 1.14 bits per heavy atom. The van der Waals surface area contributed by atoms with Gasteiger partial charge in [-0.15, -0.1) is 6.42 Å². The molecule has 3 nitrogen and oxygen atoms in total. The number of hydrogen-bond donors (Lipinski definition) is 1. The van der Waals surface area contributed by atoms with Crippen molar-refractivity contribution >= 4 is 5.95 Å². The fraction of sp³-hybridized carbons (Fsp3) is 0.368. The molecule has 0 saturated heterocycles. The predicted molar refractivity (Wildman–Crippen MR) is 90.4 cm³/mol. The summed E-state index contributed by atoms with van der Waals surface area (Å²) in [5.74, 6) is 4.04. The van der Waals surface area contributed by atoms with Crippen molar-refractivity contribution in [3.63, 3.8) is 0 Å². The summed E-state index contributed by atoms with van der Waals surface area (Å²) in [5.41, 5.74) is 3.49. The van der Waals surface area contributed by atoms with Gasteiger partial charge in [0.1, 0.15) is 5.69 Å². The molecule has 1 aromatic heterocycles. The normalized spacial score (nSPS) is 21.1. The van der Waals surface area contributed by atoms with E-state index in [2.05, 4.69) is 52.4 Å². The molecule has 3 aliphatic carbocycles. The fourth-order valence-corrected chi connectivity index (χ4v) is 2.77. The van der Waals surface area contributed by atoms with Gasteiger partial charge in [-0.25, -0.2) is 9.97 Å². The fourth-order valence-electron chi connectivity index (χ4n) is 2.77. The minimum absolute atomic E-state index is 0.504. The van der Waals surface area contributed by atoms with E-state index in [1.807, 2.05) is 0 Å². The van der Waals surface area contributed by atoms with Crippen LogP contribution in [0.4, 0.5) is 5.95 Å². The summed E-state index contributed by atoms with van der Waals surface area (Å²) in [6.45, 7) is 2.31. The predicted octanol–water partition coefficient (Wildman–Crippen LogP) is 4.12. The molecule has 1 saturated carbocycles. The Morgan fingerprint density at radius 2 is 1.86 bits per heavy atom. The molecule has 0 aromatic carbocycles. The zero-order valence-corrected chi connectivity index (χ0v) is 12.9. The van der Waals surface area contributed by atoms with Crippen molar-refractivity contribution in [2.45, 2.75) is 38.6 Å². The van der Waals surface area contributed by atoms with E-state index in [1.165, 1.54) is 36.8 Å². The second-order valence-corrected chi connectivity index (χ2v) is 6.09. The second kappa shape index (κ2) is 6.62. The highest BCUT2D eigenvalue weighted by Crippen LogP contribution is 2.32. The Labute approximate surface area is 132 Å². The Kier molecular flexibility index (Phi) is 4.39. The monoisotopic (exact) mass is 291 g/mol. The van der Waals surface area contributed by atoms with E-state index >= 15 is 0 Å². The molecule has 1 N–H and O–H groups in total. The minimum atomic E-state index is 0.504. The summed E-state index contributed by atoms with van der Waals surface area (Å²) in [7, 11) is 0. The Morgan fingerprint density at radius 3 is 2.41 bits per heavy atom. The summed E-state index contributed by atoms with van der Waals surface area (Å²) in [5, 5.41) is 3.36. The number of nitrogens with one attached hydrogen (secondary N) is 1. The molecule has 0 spiro atoms. The largest absolute Gasteiger partial charge is 0.351 e. The lowest BCUT2D eigenvalue weighted by Gasteiger charge is -2.26. The average molecular weight is 291 g/mol. The number of benzene rings is 1. The van der Waals surface area contributed by atoms with Gasteiger partial charge in [-0.05, 0) is 54.9 Å². The molecule has 1 heterocycles. The standard InChI is InChI=1S/C13H17N3.C6H4/c1-3-11-8-9-14-13(15-11)16-12-6-4-10(2)5-7-12;1-2-5-4-6(5)3-1/h1,8-10,12H,4-7H2,2H3,(H,14,15,16);1-4H. The maximum absolute atomic E-state index is 5.30. The number of anilines is 1. The molecule has 0 atom stereocenters. The first-order valence-electron chi connectivity index (χ1n) is 7.91. The van der Waals surface area contributed by atoms with Crippen LogP contribution >= 0.6 is 0 Å². The molecular formula is C19H21N3. The third-order valence-corrected chi connectivity index (χ3v) is 4.27. The third kappa shape index (κ3) is 3.85. The van der Waals surface area contributed by atoms with Gasteiger partial charge in [-0.3, -0.25) is 0 Å². The van der Waals surface area contributed by atoms with Gasteiger partial charge in [-0.1, -0.05) is 31.0 Å². The first kappa shape index (κ1) is 14.6. The minimum Gasteiger partial charge on any atom is -0.351 e. The van der Waals surface area contributed by atoms with Crippen molar-refractivity contribution < 1.29 is 0 Å². The van der Waals surface area contributed by atoms with E-state index in [1.54, 1.807) is 12.3 Å². The van der Waals surface area contributed by atoms with Crippen LogP contribution in [0.3, 0.4) is 0 Å². The number of fused-ring (bicyclic) bond motifs is 1. The molecule has 3 aliphatic rings. The smallest absolute Gasteiger partial charge is 0.224 e. The van der Waals surface area contributed by atoms with Crippen molar-refractivity contribution in [1.82, 2.24) is 9.97 Å². The van der Waals surface area contributed by atoms with E-state index in [-0.39, 0.29) is 0 Å². The zero-order valence-electron chi connectivity index (χ0n) is 12.9. The van der Waals surface area contributed by atoms with Gasteiger partial charge in [0.25, 0.3) is 0 Å². The lowest BCUT2D eigenvalue weighted by atomic mass is 9.87. The highest BCUT2D eigenvalue weighted by molar-refractivity contribution is 5.80. The van der Waals surface area contributed by atoms with Crippen LogP contribution in [0.5, 0.6) is 0 Å². The molecule has 3 heteroatoms. The molecular weight excluding hydrogens is 270 g/mol. The number of terminal acetylenes is 1. The van der Waals surface area contributed by atoms with Crippen molar-refractivity contribution in [3.05, 3.63) is 42.2 Å². The lowest BCUT2D eigenvalue weighted by molar-refractivity contribution is 0.360. The van der Waals surface area contributed by atoms with Gasteiger partial charge in [0, 0.05) is 12.2 Å². The Balaban J connectivity index is 0.000000196. The van der Waals surface area contributed by atoms with Crippen LogP contribution in [0.15, 0.2) is 36.5 Å². The van der Waals surface area contributed by atoms with Crippen LogP contribution in [-0.4, -0.2) is 16.0 Å². The van der Waals surface area contributed by atoms with Gasteiger partial charge in [0.15, 0.2) is 0 Å². The first-order chi connectivity index (χ1) is 10.7. The summed E-state index contributed by atoms with van der Waals surface area (Å²) < 4.78 is 0. The Bertz CT molecular complexity index is 662. The van der Waals surface area contributed by atoms with Crippen LogP contribution in [0.1, 0.15) is 38.3 Å². The summed E-state index contributed by atoms with van der Waals surface area (Å²) >= 11 is 0. The quantitative estimate of drug-likeness (QED) is 0.722. The van der Waals surface area contributed by atoms with Crippen molar-refractivity contribution in [2.75, 3.05) is 5.32 Å². The van der Waals surface area contributed by atoms with E-state index in [0.717, 1.165) is 5.92 Å². The molecule has 1 aromatic rings. The van der Waals surface area contributed by atoms with Crippen molar-refractivity contribution in [2.24, 2.45) is 5.92 Å². The summed E-state index contributed by atoms with van der Waals surface area (Å²) in [6.07, 6.45) is 12.0. The number of aromatic nitrogens is 2. The second-order valence-electron chi connectivity index (χ2n) is 6.09. The number of rotatable bonds is 2. The van der Waals surface area contributed by atoms with Gasteiger partial charge >= 0.3 is 0 Å². The van der Waals surface area contributed by atoms with Crippen LogP contribution in [0.25, 0.3) is 11.1 Å². The molecule has 0 amide bonds. The molecule has 0 unspecified atom stereocenters. The van der Waals surface area contributed by atoms with Gasteiger partial charge in [0.05, 0.1) is 0 Å². The lowest BCUT2D eigenvalue weighted by Crippen LogP contribution is -2.26. The SMILES string of the molecule is C#Cc1ccnc(NC2CCC(C)CC2)n1.c1cc2cc-2c1. The van der Waals surface area contributed by atoms with Crippen LogP contribution in [-0.2, 0) is 0 Å². The van der Waals surface area contributed by atoms with Gasteiger partial charge < -0.3 is 5.32 Å². The summed E-state index contributed by atoms with van der Waals surface area (Å²) in [4.78, 5) is 8.43. The molecule has 0 radical (unpaired) electrons. The molecule has 0 aliphatic heterocycles. The number of hydrogen-bond acceptors (Lipinski definition) is 3. The molecule has 112 valence electrons. The van der Waals surface area contributed by atoms with E-state index in [4.69, 9.17) is 6.42 Å². The molecule has 4 rings (SSSR count). The van der Waals surface area contributed by atoms with Crippen molar-refractivity contribution in [1.29, 1.82) is 0 Å². The topological polar surface area (TPSA) is 37.8 Å². The maximum atomic E-state index is 5.30. The van der Waals surface area contributed by atoms with Crippen LogP contribution < -0.4 is 5.32 Å². The third-order valence-electron chi connectivity index (χ3n) is 4.27. The van der Waals surface area contributed by atoms with Crippen LogP contribution in [0.2, 0.25) is 0 Å². The van der Waals surface area contributed by atoms with E-state index < -0.39 is 0 Å². The average Bonchev–Trinajstić information content (AvgIpc) is 3.16. The Hall–Kier alpha value is -2.34. The molecule has 22 heavy (non-hydrogen) atoms. The van der Waals surface area contributed by atoms with Crippen LogP contribution in [0, 0.1) is 18.3 Å². The zero-order chi connectivity index (χ0) is 15.4. The van der Waals surface area contributed by atoms with Crippen molar-refractivity contribution in [3.8, 4) is 23.5 Å². The number of nitrogens with zero attached hydrogens (tertiary/aromatic N) is 2. The highest BCUT2D eigenvalue weighted by atomic mass is 15.1. The highest BCUT2D eigenvalue weighted by Gasteiger charge is 2.18.